The summed E-state index contributed by atoms with van der Waals surface area (Å²) in [6, 6.07) is 9.93. The smallest absolute Gasteiger partial charge is 0.337 e. The van der Waals surface area contributed by atoms with Crippen molar-refractivity contribution in [3.63, 3.8) is 0 Å². The van der Waals surface area contributed by atoms with Gasteiger partial charge in [0.2, 0.25) is 5.91 Å². The van der Waals surface area contributed by atoms with Crippen molar-refractivity contribution in [3.8, 4) is 0 Å². The summed E-state index contributed by atoms with van der Waals surface area (Å²) < 4.78 is 4.66. The number of methoxy groups -OCH3 is 1. The van der Waals surface area contributed by atoms with Gasteiger partial charge in [-0.15, -0.1) is 0 Å². The molecule has 0 heterocycles. The molecule has 0 unspecified atom stereocenters. The Kier molecular flexibility index (Phi) is 6.06. The van der Waals surface area contributed by atoms with E-state index in [9.17, 15) is 9.59 Å². The number of esters is 1. The molecule has 2 aromatic carbocycles. The Labute approximate surface area is 149 Å². The van der Waals surface area contributed by atoms with E-state index in [0.717, 1.165) is 5.56 Å². The number of anilines is 2. The highest BCUT2D eigenvalue weighted by Crippen LogP contribution is 2.24. The molecule has 7 heteroatoms. The van der Waals surface area contributed by atoms with E-state index in [1.54, 1.807) is 30.3 Å². The first-order valence-corrected chi connectivity index (χ1v) is 7.84. The summed E-state index contributed by atoms with van der Waals surface area (Å²) >= 11 is 12.1. The molecular weight excluding hydrogens is 351 g/mol. The Morgan fingerprint density at radius 3 is 2.54 bits per heavy atom. The van der Waals surface area contributed by atoms with Crippen LogP contribution >= 0.6 is 23.2 Å². The molecule has 5 nitrogen and oxygen atoms in total. The molecule has 0 saturated heterocycles. The average molecular weight is 367 g/mol. The van der Waals surface area contributed by atoms with Crippen molar-refractivity contribution >= 4 is 46.5 Å². The molecule has 2 N–H and O–H groups in total. The maximum atomic E-state index is 12.1. The lowest BCUT2D eigenvalue weighted by Gasteiger charge is -2.12. The second-order valence-electron chi connectivity index (χ2n) is 5.00. The largest absolute Gasteiger partial charge is 0.465 e. The van der Waals surface area contributed by atoms with Crippen molar-refractivity contribution in [2.24, 2.45) is 0 Å². The fourth-order valence-corrected chi connectivity index (χ4v) is 2.38. The van der Waals surface area contributed by atoms with Gasteiger partial charge in [0.05, 0.1) is 29.9 Å². The molecule has 0 spiro atoms. The van der Waals surface area contributed by atoms with Crippen LogP contribution in [0, 0.1) is 6.92 Å². The SMILES string of the molecule is COC(=O)c1ccc(Cl)c(NCC(=O)Nc2cccc(Cl)c2C)c1. The Morgan fingerprint density at radius 2 is 1.83 bits per heavy atom. The summed E-state index contributed by atoms with van der Waals surface area (Å²) in [6.07, 6.45) is 0. The number of ether oxygens (including phenoxy) is 1. The molecule has 0 fully saturated rings. The summed E-state index contributed by atoms with van der Waals surface area (Å²) in [6.45, 7) is 1.80. The van der Waals surface area contributed by atoms with Gasteiger partial charge in [-0.05, 0) is 42.8 Å². The van der Waals surface area contributed by atoms with E-state index in [0.29, 0.717) is 27.0 Å². The summed E-state index contributed by atoms with van der Waals surface area (Å²) in [5.74, 6) is -0.742. The molecule has 0 aliphatic carbocycles. The lowest BCUT2D eigenvalue weighted by Crippen LogP contribution is -2.22. The van der Waals surface area contributed by atoms with Gasteiger partial charge in [-0.25, -0.2) is 4.79 Å². The van der Waals surface area contributed by atoms with E-state index in [-0.39, 0.29) is 12.5 Å². The van der Waals surface area contributed by atoms with Crippen LogP contribution in [0.4, 0.5) is 11.4 Å². The van der Waals surface area contributed by atoms with Crippen molar-refractivity contribution in [2.45, 2.75) is 6.92 Å². The molecule has 2 rings (SSSR count). The van der Waals surface area contributed by atoms with E-state index in [4.69, 9.17) is 23.2 Å². The van der Waals surface area contributed by atoms with Crippen molar-refractivity contribution in [3.05, 3.63) is 57.6 Å². The molecule has 0 aromatic heterocycles. The topological polar surface area (TPSA) is 67.4 Å². The van der Waals surface area contributed by atoms with Crippen LogP contribution in [0.1, 0.15) is 15.9 Å². The van der Waals surface area contributed by atoms with Gasteiger partial charge < -0.3 is 15.4 Å². The van der Waals surface area contributed by atoms with Gasteiger partial charge in [0, 0.05) is 10.7 Å². The van der Waals surface area contributed by atoms with Crippen LogP contribution in [-0.4, -0.2) is 25.5 Å². The van der Waals surface area contributed by atoms with Gasteiger partial charge in [-0.2, -0.15) is 0 Å². The number of carbonyl (C=O) groups is 2. The Balaban J connectivity index is 2.04. The zero-order valence-corrected chi connectivity index (χ0v) is 14.7. The number of halogens is 2. The van der Waals surface area contributed by atoms with Gasteiger partial charge in [-0.3, -0.25) is 4.79 Å². The van der Waals surface area contributed by atoms with E-state index in [1.807, 2.05) is 6.92 Å². The predicted molar refractivity (Wildman–Crippen MR) is 96.1 cm³/mol. The molecule has 0 atom stereocenters. The Morgan fingerprint density at radius 1 is 1.08 bits per heavy atom. The van der Waals surface area contributed by atoms with Crippen LogP contribution in [-0.2, 0) is 9.53 Å². The molecule has 0 saturated carbocycles. The molecule has 2 aromatic rings. The first-order chi connectivity index (χ1) is 11.4. The maximum absolute atomic E-state index is 12.1. The molecule has 0 aliphatic heterocycles. The second kappa shape index (κ2) is 8.04. The molecule has 126 valence electrons. The van der Waals surface area contributed by atoms with Crippen molar-refractivity contribution in [1.82, 2.24) is 0 Å². The number of amides is 1. The fraction of sp³-hybridized carbons (Fsp3) is 0.176. The third kappa shape index (κ3) is 4.40. The van der Waals surface area contributed by atoms with E-state index >= 15 is 0 Å². The summed E-state index contributed by atoms with van der Waals surface area (Å²) in [5.41, 5.74) is 2.25. The third-order valence-electron chi connectivity index (χ3n) is 3.37. The van der Waals surface area contributed by atoms with Crippen LogP contribution in [0.15, 0.2) is 36.4 Å². The minimum Gasteiger partial charge on any atom is -0.465 e. The van der Waals surface area contributed by atoms with E-state index in [2.05, 4.69) is 15.4 Å². The van der Waals surface area contributed by atoms with Gasteiger partial charge in [0.1, 0.15) is 0 Å². The van der Waals surface area contributed by atoms with Crippen LogP contribution in [0.5, 0.6) is 0 Å². The molecule has 0 aliphatic rings. The number of rotatable bonds is 5. The van der Waals surface area contributed by atoms with Gasteiger partial charge in [0.25, 0.3) is 0 Å². The first kappa shape index (κ1) is 18.1. The van der Waals surface area contributed by atoms with Crippen molar-refractivity contribution < 1.29 is 14.3 Å². The minimum atomic E-state index is -0.478. The lowest BCUT2D eigenvalue weighted by molar-refractivity contribution is -0.114. The van der Waals surface area contributed by atoms with Gasteiger partial charge in [-0.1, -0.05) is 29.3 Å². The Hall–Kier alpha value is -2.24. The number of benzene rings is 2. The number of hydrogen-bond donors (Lipinski definition) is 2. The summed E-state index contributed by atoms with van der Waals surface area (Å²) in [5, 5.41) is 6.65. The van der Waals surface area contributed by atoms with Crippen molar-refractivity contribution in [1.29, 1.82) is 0 Å². The average Bonchev–Trinajstić information content (AvgIpc) is 2.57. The molecule has 0 radical (unpaired) electrons. The Bertz CT molecular complexity index is 778. The van der Waals surface area contributed by atoms with Crippen LogP contribution < -0.4 is 10.6 Å². The zero-order chi connectivity index (χ0) is 17.7. The summed E-state index contributed by atoms with van der Waals surface area (Å²) in [4.78, 5) is 23.6. The number of hydrogen-bond acceptors (Lipinski definition) is 4. The predicted octanol–water partition coefficient (Wildman–Crippen LogP) is 4.14. The van der Waals surface area contributed by atoms with E-state index in [1.165, 1.54) is 13.2 Å². The summed E-state index contributed by atoms with van der Waals surface area (Å²) in [7, 11) is 1.30. The molecular formula is C17H16Cl2N2O3. The van der Waals surface area contributed by atoms with Crippen LogP contribution in [0.25, 0.3) is 0 Å². The first-order valence-electron chi connectivity index (χ1n) is 7.09. The minimum absolute atomic E-state index is 0.0176. The van der Waals surface area contributed by atoms with Crippen molar-refractivity contribution in [2.75, 3.05) is 24.3 Å². The second-order valence-corrected chi connectivity index (χ2v) is 5.81. The fourth-order valence-electron chi connectivity index (χ4n) is 2.02. The monoisotopic (exact) mass is 366 g/mol. The molecule has 0 bridgehead atoms. The zero-order valence-electron chi connectivity index (χ0n) is 13.2. The quantitative estimate of drug-likeness (QED) is 0.780. The van der Waals surface area contributed by atoms with Gasteiger partial charge in [0.15, 0.2) is 0 Å². The molecule has 24 heavy (non-hydrogen) atoms. The third-order valence-corrected chi connectivity index (χ3v) is 4.11. The highest BCUT2D eigenvalue weighted by atomic mass is 35.5. The highest BCUT2D eigenvalue weighted by Gasteiger charge is 2.11. The van der Waals surface area contributed by atoms with Crippen LogP contribution in [0.2, 0.25) is 10.0 Å². The lowest BCUT2D eigenvalue weighted by atomic mass is 10.2. The standard InChI is InChI=1S/C17H16Cl2N2O3/c1-10-12(18)4-3-5-14(10)21-16(22)9-20-15-8-11(17(23)24-2)6-7-13(15)19/h3-8,20H,9H2,1-2H3,(H,21,22). The van der Waals surface area contributed by atoms with Crippen LogP contribution in [0.3, 0.4) is 0 Å². The highest BCUT2D eigenvalue weighted by molar-refractivity contribution is 6.33. The van der Waals surface area contributed by atoms with Gasteiger partial charge >= 0.3 is 5.97 Å². The number of carbonyl (C=O) groups excluding carboxylic acids is 2. The normalized spacial score (nSPS) is 10.2. The maximum Gasteiger partial charge on any atom is 0.337 e. The number of nitrogens with one attached hydrogen (secondary N) is 2. The molecule has 1 amide bonds. The van der Waals surface area contributed by atoms with E-state index < -0.39 is 5.97 Å².